The molecule has 1 rings (SSSR count). The van der Waals surface area contributed by atoms with Crippen LogP contribution in [0.3, 0.4) is 0 Å². The second-order valence-corrected chi connectivity index (χ2v) is 4.12. The number of nitrogens with zero attached hydrogens (tertiary/aromatic N) is 1. The van der Waals surface area contributed by atoms with Gasteiger partial charge in [0.1, 0.15) is 0 Å². The molecule has 1 atom stereocenters. The van der Waals surface area contributed by atoms with Gasteiger partial charge in [0.25, 0.3) is 0 Å². The summed E-state index contributed by atoms with van der Waals surface area (Å²) in [7, 11) is 6.42. The van der Waals surface area contributed by atoms with Crippen molar-refractivity contribution in [3.05, 3.63) is 0 Å². The van der Waals surface area contributed by atoms with Crippen LogP contribution in [0.15, 0.2) is 0 Å². The van der Waals surface area contributed by atoms with E-state index < -0.39 is 0 Å². The molecule has 1 fully saturated rings. The van der Waals surface area contributed by atoms with Gasteiger partial charge in [0.2, 0.25) is 0 Å². The predicted octanol–water partition coefficient (Wildman–Crippen LogP) is 2.68. The Bertz CT molecular complexity index is 46.0. The van der Waals surface area contributed by atoms with Crippen LogP contribution in [0.25, 0.3) is 0 Å². The molecule has 1 aliphatic carbocycles. The third-order valence-electron chi connectivity index (χ3n) is 1.50. The zero-order chi connectivity index (χ0) is 7.82. The summed E-state index contributed by atoms with van der Waals surface area (Å²) in [6.07, 6.45) is 9.00. The third kappa shape index (κ3) is 11.2. The molecule has 0 aromatic carbocycles. The molecular formula is C8H20NP. The molecule has 2 heteroatoms. The molecule has 62 valence electrons. The summed E-state index contributed by atoms with van der Waals surface area (Å²) in [4.78, 5) is 0. The van der Waals surface area contributed by atoms with Crippen LogP contribution in [0.2, 0.25) is 0 Å². The predicted molar refractivity (Wildman–Crippen MR) is 51.1 cm³/mol. The van der Waals surface area contributed by atoms with Gasteiger partial charge in [0, 0.05) is 0 Å². The molecule has 0 radical (unpaired) electrons. The van der Waals surface area contributed by atoms with Gasteiger partial charge in [-0.2, -0.15) is 0 Å². The van der Waals surface area contributed by atoms with Gasteiger partial charge < -0.3 is 0 Å². The third-order valence-corrected chi connectivity index (χ3v) is 1.50. The second kappa shape index (κ2) is 7.50. The SMILES string of the molecule is C1CCCCC1.CN(C)P. The second-order valence-electron chi connectivity index (χ2n) is 3.08. The van der Waals surface area contributed by atoms with Crippen LogP contribution >= 0.6 is 9.39 Å². The Morgan fingerprint density at radius 1 is 0.800 bits per heavy atom. The molecule has 0 saturated heterocycles. The molecule has 0 N–H and O–H groups in total. The average Bonchev–Trinajstić information content (AvgIpc) is 1.90. The molecule has 0 aromatic heterocycles. The Morgan fingerprint density at radius 2 is 0.900 bits per heavy atom. The smallest absolute Gasteiger partial charge is 0.0102 e. The number of rotatable bonds is 0. The maximum Gasteiger partial charge on any atom is -0.0102 e. The average molecular weight is 161 g/mol. The van der Waals surface area contributed by atoms with Crippen molar-refractivity contribution < 1.29 is 0 Å². The Hall–Kier alpha value is 0.390. The van der Waals surface area contributed by atoms with Crippen molar-refractivity contribution in [2.75, 3.05) is 14.1 Å². The van der Waals surface area contributed by atoms with E-state index in [9.17, 15) is 0 Å². The van der Waals surface area contributed by atoms with Gasteiger partial charge in [-0.25, -0.2) is 0 Å². The topological polar surface area (TPSA) is 3.24 Å². The van der Waals surface area contributed by atoms with Crippen molar-refractivity contribution in [3.63, 3.8) is 0 Å². The molecule has 1 unspecified atom stereocenters. The van der Waals surface area contributed by atoms with Gasteiger partial charge in [0.15, 0.2) is 0 Å². The summed E-state index contributed by atoms with van der Waals surface area (Å²) >= 11 is 0. The lowest BCUT2D eigenvalue weighted by Gasteiger charge is -2.05. The highest BCUT2D eigenvalue weighted by atomic mass is 31.0. The van der Waals surface area contributed by atoms with E-state index in [2.05, 4.69) is 9.39 Å². The molecule has 1 nitrogen and oxygen atoms in total. The first kappa shape index (κ1) is 10.4. The van der Waals surface area contributed by atoms with Gasteiger partial charge in [-0.15, -0.1) is 0 Å². The van der Waals surface area contributed by atoms with Crippen LogP contribution in [-0.2, 0) is 0 Å². The van der Waals surface area contributed by atoms with Crippen LogP contribution in [0.5, 0.6) is 0 Å². The minimum absolute atomic E-state index is 1.50. The molecule has 0 amide bonds. The summed E-state index contributed by atoms with van der Waals surface area (Å²) in [6.45, 7) is 0. The molecule has 0 heterocycles. The highest BCUT2D eigenvalue weighted by Gasteiger charge is 1.95. The zero-order valence-corrected chi connectivity index (χ0v) is 8.42. The lowest BCUT2D eigenvalue weighted by molar-refractivity contribution is 0.504. The summed E-state index contributed by atoms with van der Waals surface area (Å²) in [5.74, 6) is 0. The van der Waals surface area contributed by atoms with Crippen LogP contribution in [0.4, 0.5) is 0 Å². The van der Waals surface area contributed by atoms with E-state index in [0.29, 0.717) is 0 Å². The highest BCUT2D eigenvalue weighted by Crippen LogP contribution is 2.15. The Labute approximate surface area is 67.4 Å². The van der Waals surface area contributed by atoms with E-state index in [1.165, 1.54) is 38.5 Å². The Balaban J connectivity index is 0.000000180. The minimum Gasteiger partial charge on any atom is -0.293 e. The fraction of sp³-hybridized carbons (Fsp3) is 1.00. The summed E-state index contributed by atoms with van der Waals surface area (Å²) in [5, 5.41) is 0. The summed E-state index contributed by atoms with van der Waals surface area (Å²) < 4.78 is 1.92. The van der Waals surface area contributed by atoms with Crippen molar-refractivity contribution in [1.29, 1.82) is 0 Å². The van der Waals surface area contributed by atoms with Crippen LogP contribution in [0.1, 0.15) is 38.5 Å². The fourth-order valence-electron chi connectivity index (χ4n) is 1.06. The van der Waals surface area contributed by atoms with E-state index in [4.69, 9.17) is 0 Å². The largest absolute Gasteiger partial charge is 0.293 e. The van der Waals surface area contributed by atoms with E-state index in [1.807, 2.05) is 18.8 Å². The fourth-order valence-corrected chi connectivity index (χ4v) is 1.06. The molecule has 1 aliphatic rings. The van der Waals surface area contributed by atoms with E-state index in [1.54, 1.807) is 0 Å². The van der Waals surface area contributed by atoms with E-state index >= 15 is 0 Å². The molecule has 10 heavy (non-hydrogen) atoms. The van der Waals surface area contributed by atoms with Gasteiger partial charge >= 0.3 is 0 Å². The van der Waals surface area contributed by atoms with Crippen molar-refractivity contribution >= 4 is 9.39 Å². The first-order valence-electron chi connectivity index (χ1n) is 4.15. The van der Waals surface area contributed by atoms with Crippen LogP contribution in [-0.4, -0.2) is 18.8 Å². The molecule has 0 aromatic rings. The molecule has 0 spiro atoms. The number of hydrogen-bond donors (Lipinski definition) is 0. The van der Waals surface area contributed by atoms with Crippen molar-refractivity contribution in [1.82, 2.24) is 4.67 Å². The van der Waals surface area contributed by atoms with E-state index in [0.717, 1.165) is 0 Å². The van der Waals surface area contributed by atoms with Crippen molar-refractivity contribution in [2.24, 2.45) is 0 Å². The highest BCUT2D eigenvalue weighted by molar-refractivity contribution is 7.13. The quantitative estimate of drug-likeness (QED) is 0.494. The van der Waals surface area contributed by atoms with Gasteiger partial charge in [-0.1, -0.05) is 47.9 Å². The summed E-state index contributed by atoms with van der Waals surface area (Å²) in [5.41, 5.74) is 0. The molecule has 0 bridgehead atoms. The standard InChI is InChI=1S/C6H12.C2H8NP/c1-2-4-6-5-3-1;1-3(2)4/h1-6H2;4H2,1-2H3. The molecular weight excluding hydrogens is 141 g/mol. The van der Waals surface area contributed by atoms with E-state index in [-0.39, 0.29) is 0 Å². The first-order valence-corrected chi connectivity index (χ1v) is 4.67. The maximum absolute atomic E-state index is 2.49. The molecule has 0 aliphatic heterocycles. The van der Waals surface area contributed by atoms with Gasteiger partial charge in [0.05, 0.1) is 0 Å². The van der Waals surface area contributed by atoms with Crippen molar-refractivity contribution in [3.8, 4) is 0 Å². The number of hydrogen-bond acceptors (Lipinski definition) is 1. The van der Waals surface area contributed by atoms with Gasteiger partial charge in [-0.05, 0) is 14.1 Å². The van der Waals surface area contributed by atoms with Crippen molar-refractivity contribution in [2.45, 2.75) is 38.5 Å². The lowest BCUT2D eigenvalue weighted by Crippen LogP contribution is -1.88. The normalized spacial score (nSPS) is 18.0. The first-order chi connectivity index (χ1) is 4.73. The zero-order valence-electron chi connectivity index (χ0n) is 7.27. The van der Waals surface area contributed by atoms with Crippen LogP contribution in [0, 0.1) is 0 Å². The van der Waals surface area contributed by atoms with Crippen LogP contribution < -0.4 is 0 Å². The lowest BCUT2D eigenvalue weighted by atomic mass is 10.0. The Kier molecular flexibility index (Phi) is 7.79. The minimum atomic E-state index is 1.50. The molecule has 1 saturated carbocycles. The Morgan fingerprint density at radius 3 is 1.00 bits per heavy atom. The summed E-state index contributed by atoms with van der Waals surface area (Å²) in [6, 6.07) is 0. The van der Waals surface area contributed by atoms with Gasteiger partial charge in [-0.3, -0.25) is 4.67 Å². The monoisotopic (exact) mass is 161 g/mol. The maximum atomic E-state index is 2.49.